The molecule has 5 heteroatoms. The monoisotopic (exact) mass is 266 g/mol. The van der Waals surface area contributed by atoms with Gasteiger partial charge in [0.25, 0.3) is 0 Å². The molecule has 0 aliphatic heterocycles. The fourth-order valence-corrected chi connectivity index (χ4v) is 1.95. The van der Waals surface area contributed by atoms with Crippen LogP contribution >= 0.6 is 0 Å². The van der Waals surface area contributed by atoms with E-state index in [4.69, 9.17) is 10.3 Å². The first-order valence-electron chi connectivity index (χ1n) is 6.39. The predicted octanol–water partition coefficient (Wildman–Crippen LogP) is 2.50. The van der Waals surface area contributed by atoms with Crippen LogP contribution in [0.4, 0.5) is 5.69 Å². The van der Waals surface area contributed by atoms with Gasteiger partial charge in [0.05, 0.1) is 0 Å². The van der Waals surface area contributed by atoms with Gasteiger partial charge in [0, 0.05) is 30.1 Å². The van der Waals surface area contributed by atoms with E-state index in [1.165, 1.54) is 5.56 Å². The molecule has 2 N–H and O–H groups in total. The molecule has 3 rings (SSSR count). The third-order valence-electron chi connectivity index (χ3n) is 2.99. The van der Waals surface area contributed by atoms with Crippen LogP contribution in [-0.4, -0.2) is 15.1 Å². The minimum Gasteiger partial charge on any atom is -0.399 e. The zero-order valence-corrected chi connectivity index (χ0v) is 10.9. The molecular weight excluding hydrogens is 252 g/mol. The van der Waals surface area contributed by atoms with Crippen LogP contribution in [0.2, 0.25) is 0 Å². The summed E-state index contributed by atoms with van der Waals surface area (Å²) in [7, 11) is 0. The van der Waals surface area contributed by atoms with Gasteiger partial charge in [0.2, 0.25) is 11.7 Å². The highest BCUT2D eigenvalue weighted by atomic mass is 16.5. The van der Waals surface area contributed by atoms with Crippen LogP contribution in [-0.2, 0) is 12.8 Å². The first-order chi connectivity index (χ1) is 9.81. The summed E-state index contributed by atoms with van der Waals surface area (Å²) in [5.74, 6) is 1.20. The molecule has 0 radical (unpaired) electrons. The molecule has 0 aliphatic rings. The molecule has 2 heterocycles. The highest BCUT2D eigenvalue weighted by Crippen LogP contribution is 2.18. The Hall–Kier alpha value is -2.69. The lowest BCUT2D eigenvalue weighted by atomic mass is 10.1. The van der Waals surface area contributed by atoms with Crippen molar-refractivity contribution >= 4 is 5.69 Å². The van der Waals surface area contributed by atoms with Crippen molar-refractivity contribution in [3.05, 3.63) is 60.2 Å². The van der Waals surface area contributed by atoms with Crippen LogP contribution in [0.25, 0.3) is 11.4 Å². The zero-order valence-electron chi connectivity index (χ0n) is 10.9. The maximum absolute atomic E-state index is 5.75. The zero-order chi connectivity index (χ0) is 13.8. The highest BCUT2D eigenvalue weighted by Gasteiger charge is 2.08. The first-order valence-corrected chi connectivity index (χ1v) is 6.39. The van der Waals surface area contributed by atoms with E-state index >= 15 is 0 Å². The van der Waals surface area contributed by atoms with Crippen LogP contribution in [0.3, 0.4) is 0 Å². The quantitative estimate of drug-likeness (QED) is 0.734. The number of aryl methyl sites for hydroxylation is 2. The molecular formula is C15H14N4O. The van der Waals surface area contributed by atoms with Crippen LogP contribution in [0.5, 0.6) is 0 Å². The molecule has 0 spiro atoms. The Morgan fingerprint density at radius 3 is 2.70 bits per heavy atom. The van der Waals surface area contributed by atoms with E-state index in [-0.39, 0.29) is 0 Å². The topological polar surface area (TPSA) is 77.8 Å². The minimum absolute atomic E-state index is 0.571. The maximum Gasteiger partial charge on any atom is 0.227 e. The summed E-state index contributed by atoms with van der Waals surface area (Å²) in [6.07, 6.45) is 5.11. The SMILES string of the molecule is Nc1cccc(-c2noc(CCc3ccncc3)n2)c1. The van der Waals surface area contributed by atoms with Gasteiger partial charge in [-0.3, -0.25) is 4.98 Å². The van der Waals surface area contributed by atoms with Crippen molar-refractivity contribution < 1.29 is 4.52 Å². The van der Waals surface area contributed by atoms with E-state index in [9.17, 15) is 0 Å². The summed E-state index contributed by atoms with van der Waals surface area (Å²) < 4.78 is 5.26. The lowest BCUT2D eigenvalue weighted by molar-refractivity contribution is 0.379. The number of nitrogen functional groups attached to an aromatic ring is 1. The Morgan fingerprint density at radius 2 is 1.90 bits per heavy atom. The number of nitrogens with zero attached hydrogens (tertiary/aromatic N) is 3. The van der Waals surface area contributed by atoms with E-state index in [2.05, 4.69) is 15.1 Å². The highest BCUT2D eigenvalue weighted by molar-refractivity contribution is 5.60. The number of aromatic nitrogens is 3. The molecule has 0 fully saturated rings. The van der Waals surface area contributed by atoms with E-state index in [0.29, 0.717) is 23.8 Å². The average Bonchev–Trinajstić information content (AvgIpc) is 2.95. The van der Waals surface area contributed by atoms with Crippen LogP contribution in [0.1, 0.15) is 11.5 Å². The van der Waals surface area contributed by atoms with Gasteiger partial charge in [0.1, 0.15) is 0 Å². The van der Waals surface area contributed by atoms with Crippen molar-refractivity contribution in [2.45, 2.75) is 12.8 Å². The molecule has 2 aromatic heterocycles. The fraction of sp³-hybridized carbons (Fsp3) is 0.133. The standard InChI is InChI=1S/C15H14N4O/c16-13-3-1-2-12(10-13)15-18-14(20-19-15)5-4-11-6-8-17-9-7-11/h1-3,6-10H,4-5,16H2. The first kappa shape index (κ1) is 12.3. The molecule has 1 aromatic carbocycles. The number of nitrogens with two attached hydrogens (primary N) is 1. The van der Waals surface area contributed by atoms with Gasteiger partial charge in [-0.15, -0.1) is 0 Å². The Balaban J connectivity index is 1.71. The molecule has 0 atom stereocenters. The molecule has 0 saturated carbocycles. The third-order valence-corrected chi connectivity index (χ3v) is 2.99. The summed E-state index contributed by atoms with van der Waals surface area (Å²) in [5.41, 5.74) is 8.49. The second-order valence-electron chi connectivity index (χ2n) is 4.49. The molecule has 0 aliphatic carbocycles. The van der Waals surface area contributed by atoms with Gasteiger partial charge in [-0.05, 0) is 36.2 Å². The summed E-state index contributed by atoms with van der Waals surface area (Å²) in [5, 5.41) is 3.99. The summed E-state index contributed by atoms with van der Waals surface area (Å²) in [6, 6.07) is 11.4. The minimum atomic E-state index is 0.571. The van der Waals surface area contributed by atoms with Crippen molar-refractivity contribution in [3.63, 3.8) is 0 Å². The second-order valence-corrected chi connectivity index (χ2v) is 4.49. The smallest absolute Gasteiger partial charge is 0.227 e. The number of anilines is 1. The molecule has 5 nitrogen and oxygen atoms in total. The molecule has 3 aromatic rings. The average molecular weight is 266 g/mol. The lowest BCUT2D eigenvalue weighted by Crippen LogP contribution is -1.92. The number of pyridine rings is 1. The van der Waals surface area contributed by atoms with Crippen molar-refractivity contribution in [2.75, 3.05) is 5.73 Å². The molecule has 20 heavy (non-hydrogen) atoms. The maximum atomic E-state index is 5.75. The van der Waals surface area contributed by atoms with Crippen molar-refractivity contribution in [2.24, 2.45) is 0 Å². The molecule has 0 bridgehead atoms. The molecule has 0 amide bonds. The largest absolute Gasteiger partial charge is 0.399 e. The Bertz CT molecular complexity index is 694. The van der Waals surface area contributed by atoms with Crippen LogP contribution < -0.4 is 5.73 Å². The van der Waals surface area contributed by atoms with Crippen molar-refractivity contribution in [1.82, 2.24) is 15.1 Å². The van der Waals surface area contributed by atoms with Gasteiger partial charge >= 0.3 is 0 Å². The van der Waals surface area contributed by atoms with Gasteiger partial charge in [-0.2, -0.15) is 4.98 Å². The van der Waals surface area contributed by atoms with Gasteiger partial charge in [0.15, 0.2) is 0 Å². The molecule has 0 unspecified atom stereocenters. The summed E-state index contributed by atoms with van der Waals surface area (Å²) in [6.45, 7) is 0. The lowest BCUT2D eigenvalue weighted by Gasteiger charge is -1.96. The summed E-state index contributed by atoms with van der Waals surface area (Å²) in [4.78, 5) is 8.38. The van der Waals surface area contributed by atoms with E-state index in [1.807, 2.05) is 36.4 Å². The Labute approximate surface area is 116 Å². The Kier molecular flexibility index (Phi) is 3.41. The predicted molar refractivity (Wildman–Crippen MR) is 75.8 cm³/mol. The number of rotatable bonds is 4. The number of hydrogen-bond donors (Lipinski definition) is 1. The second kappa shape index (κ2) is 5.52. The summed E-state index contributed by atoms with van der Waals surface area (Å²) >= 11 is 0. The Morgan fingerprint density at radius 1 is 1.05 bits per heavy atom. The normalized spacial score (nSPS) is 10.6. The van der Waals surface area contributed by atoms with Gasteiger partial charge < -0.3 is 10.3 Å². The van der Waals surface area contributed by atoms with E-state index < -0.39 is 0 Å². The number of hydrogen-bond acceptors (Lipinski definition) is 5. The third kappa shape index (κ3) is 2.83. The van der Waals surface area contributed by atoms with Crippen LogP contribution in [0, 0.1) is 0 Å². The molecule has 100 valence electrons. The van der Waals surface area contributed by atoms with Gasteiger partial charge in [-0.25, -0.2) is 0 Å². The van der Waals surface area contributed by atoms with Crippen molar-refractivity contribution in [3.8, 4) is 11.4 Å². The van der Waals surface area contributed by atoms with Crippen LogP contribution in [0.15, 0.2) is 53.3 Å². The fourth-order valence-electron chi connectivity index (χ4n) is 1.95. The molecule has 0 saturated heterocycles. The van der Waals surface area contributed by atoms with E-state index in [0.717, 1.165) is 12.0 Å². The van der Waals surface area contributed by atoms with Crippen molar-refractivity contribution in [1.29, 1.82) is 0 Å². The van der Waals surface area contributed by atoms with E-state index in [1.54, 1.807) is 12.4 Å². The van der Waals surface area contributed by atoms with Gasteiger partial charge in [-0.1, -0.05) is 17.3 Å². The number of benzene rings is 1.